The Morgan fingerprint density at radius 1 is 1.43 bits per heavy atom. The predicted octanol–water partition coefficient (Wildman–Crippen LogP) is 2.40. The van der Waals surface area contributed by atoms with Gasteiger partial charge < -0.3 is 15.3 Å². The smallest absolute Gasteiger partial charge is 0.328 e. The number of benzene rings is 1. The molecule has 0 aliphatic rings. The van der Waals surface area contributed by atoms with Crippen molar-refractivity contribution in [2.24, 2.45) is 0 Å². The fourth-order valence-electron chi connectivity index (χ4n) is 1.77. The van der Waals surface area contributed by atoms with Gasteiger partial charge in [-0.15, -0.1) is 0 Å². The fourth-order valence-corrected chi connectivity index (χ4v) is 1.94. The van der Waals surface area contributed by atoms with Gasteiger partial charge in [0.15, 0.2) is 0 Å². The van der Waals surface area contributed by atoms with Crippen LogP contribution in [0.25, 0.3) is 6.08 Å². The van der Waals surface area contributed by atoms with Crippen molar-refractivity contribution in [3.8, 4) is 0 Å². The van der Waals surface area contributed by atoms with E-state index in [-0.39, 0.29) is 12.5 Å². The molecule has 114 valence electrons. The van der Waals surface area contributed by atoms with Crippen LogP contribution >= 0.6 is 11.6 Å². The van der Waals surface area contributed by atoms with Crippen molar-refractivity contribution in [3.63, 3.8) is 0 Å². The van der Waals surface area contributed by atoms with E-state index in [1.54, 1.807) is 30.1 Å². The molecule has 0 unspecified atom stereocenters. The van der Waals surface area contributed by atoms with Crippen LogP contribution in [0.2, 0.25) is 5.02 Å². The summed E-state index contributed by atoms with van der Waals surface area (Å²) in [5.74, 6) is -1.12. The molecule has 0 fully saturated rings. The summed E-state index contributed by atoms with van der Waals surface area (Å²) in [4.78, 5) is 24.1. The van der Waals surface area contributed by atoms with Gasteiger partial charge in [-0.05, 0) is 30.2 Å². The lowest BCUT2D eigenvalue weighted by atomic mass is 10.1. The molecule has 21 heavy (non-hydrogen) atoms. The highest BCUT2D eigenvalue weighted by atomic mass is 35.5. The van der Waals surface area contributed by atoms with Crippen molar-refractivity contribution in [1.29, 1.82) is 0 Å². The van der Waals surface area contributed by atoms with Crippen LogP contribution in [-0.2, 0) is 9.59 Å². The van der Waals surface area contributed by atoms with E-state index in [9.17, 15) is 9.59 Å². The first-order valence-corrected chi connectivity index (χ1v) is 7.00. The maximum atomic E-state index is 11.8. The molecular formula is C15H19ClN2O3. The number of anilines is 1. The van der Waals surface area contributed by atoms with Crippen LogP contribution in [0.3, 0.4) is 0 Å². The molecular weight excluding hydrogens is 292 g/mol. The molecule has 0 bridgehead atoms. The Labute approximate surface area is 129 Å². The topological polar surface area (TPSA) is 69.6 Å². The van der Waals surface area contributed by atoms with E-state index < -0.39 is 5.97 Å². The average Bonchev–Trinajstić information content (AvgIpc) is 2.43. The van der Waals surface area contributed by atoms with Gasteiger partial charge in [-0.3, -0.25) is 4.79 Å². The molecule has 0 radical (unpaired) electrons. The summed E-state index contributed by atoms with van der Waals surface area (Å²) in [6.07, 6.45) is 3.41. The van der Waals surface area contributed by atoms with Crippen LogP contribution in [0.15, 0.2) is 24.3 Å². The van der Waals surface area contributed by atoms with E-state index in [4.69, 9.17) is 16.7 Å². The summed E-state index contributed by atoms with van der Waals surface area (Å²) in [6.45, 7) is 2.79. The molecule has 0 saturated carbocycles. The van der Waals surface area contributed by atoms with E-state index in [0.29, 0.717) is 22.8 Å². The first-order valence-electron chi connectivity index (χ1n) is 6.62. The van der Waals surface area contributed by atoms with Crippen molar-refractivity contribution in [2.45, 2.75) is 13.3 Å². The molecule has 6 heteroatoms. The molecule has 1 rings (SSSR count). The van der Waals surface area contributed by atoms with Crippen molar-refractivity contribution in [2.75, 3.05) is 25.0 Å². The zero-order chi connectivity index (χ0) is 15.8. The van der Waals surface area contributed by atoms with Gasteiger partial charge in [0.1, 0.15) is 0 Å². The van der Waals surface area contributed by atoms with E-state index in [1.165, 1.54) is 6.08 Å². The summed E-state index contributed by atoms with van der Waals surface area (Å²) < 4.78 is 0. The molecule has 2 N–H and O–H groups in total. The Morgan fingerprint density at radius 2 is 2.14 bits per heavy atom. The number of carbonyl (C=O) groups is 2. The molecule has 0 aliphatic heterocycles. The van der Waals surface area contributed by atoms with Gasteiger partial charge in [0.05, 0.1) is 6.54 Å². The molecule has 0 aromatic heterocycles. The summed E-state index contributed by atoms with van der Waals surface area (Å²) in [7, 11) is 1.76. The van der Waals surface area contributed by atoms with E-state index >= 15 is 0 Å². The number of halogens is 1. The third-order valence-electron chi connectivity index (χ3n) is 2.76. The first kappa shape index (κ1) is 17.0. The number of carboxylic acids is 1. The highest BCUT2D eigenvalue weighted by Crippen LogP contribution is 2.25. The zero-order valence-electron chi connectivity index (χ0n) is 12.1. The number of likely N-dealkylation sites (N-methyl/N-ethyl adjacent to an activating group) is 1. The summed E-state index contributed by atoms with van der Waals surface area (Å²) in [5.41, 5.74) is 1.39. The second-order valence-electron chi connectivity index (χ2n) is 4.58. The highest BCUT2D eigenvalue weighted by molar-refractivity contribution is 6.31. The number of hydrogen-bond acceptors (Lipinski definition) is 3. The first-order chi connectivity index (χ1) is 9.93. The third-order valence-corrected chi connectivity index (χ3v) is 3.00. The van der Waals surface area contributed by atoms with Gasteiger partial charge in [-0.1, -0.05) is 24.6 Å². The minimum absolute atomic E-state index is 0.0903. The normalized spacial score (nSPS) is 10.6. The zero-order valence-corrected chi connectivity index (χ0v) is 12.9. The molecule has 0 heterocycles. The lowest BCUT2D eigenvalue weighted by Gasteiger charge is -2.21. The minimum Gasteiger partial charge on any atom is -0.478 e. The van der Waals surface area contributed by atoms with E-state index in [0.717, 1.165) is 12.5 Å². The third kappa shape index (κ3) is 5.87. The Hall–Kier alpha value is -2.01. The van der Waals surface area contributed by atoms with Gasteiger partial charge in [0.2, 0.25) is 5.91 Å². The van der Waals surface area contributed by atoms with Crippen molar-refractivity contribution < 1.29 is 14.7 Å². The van der Waals surface area contributed by atoms with Gasteiger partial charge in [-0.25, -0.2) is 4.79 Å². The molecule has 5 nitrogen and oxygen atoms in total. The number of rotatable bonds is 7. The van der Waals surface area contributed by atoms with Crippen LogP contribution in [0, 0.1) is 0 Å². The predicted molar refractivity (Wildman–Crippen MR) is 84.7 cm³/mol. The number of carboxylic acid groups (broad SMARTS) is 1. The second-order valence-corrected chi connectivity index (χ2v) is 5.02. The molecule has 1 aromatic carbocycles. The Balaban J connectivity index is 2.91. The Kier molecular flexibility index (Phi) is 6.75. The Morgan fingerprint density at radius 3 is 2.76 bits per heavy atom. The monoisotopic (exact) mass is 310 g/mol. The summed E-state index contributed by atoms with van der Waals surface area (Å²) in [5, 5.41) is 12.0. The van der Waals surface area contributed by atoms with Gasteiger partial charge in [0.25, 0.3) is 0 Å². The van der Waals surface area contributed by atoms with Crippen molar-refractivity contribution >= 4 is 35.2 Å². The maximum Gasteiger partial charge on any atom is 0.328 e. The molecule has 1 amide bonds. The lowest BCUT2D eigenvalue weighted by molar-refractivity contribution is -0.131. The standard InChI is InChI=1S/C15H19ClN2O3/c1-3-8-17-14(19)10-18(2)13-9-12(16)6-4-11(13)5-7-15(20)21/h4-7,9H,3,8,10H2,1-2H3,(H,17,19)(H,20,21)/b7-5+. The second kappa shape index (κ2) is 8.32. The largest absolute Gasteiger partial charge is 0.478 e. The van der Waals surface area contributed by atoms with Crippen molar-refractivity contribution in [1.82, 2.24) is 5.32 Å². The van der Waals surface area contributed by atoms with Gasteiger partial charge in [-0.2, -0.15) is 0 Å². The maximum absolute atomic E-state index is 11.8. The molecule has 1 aromatic rings. The number of amides is 1. The Bertz CT molecular complexity index is 544. The number of hydrogen-bond donors (Lipinski definition) is 2. The molecule has 0 spiro atoms. The quantitative estimate of drug-likeness (QED) is 0.759. The van der Waals surface area contributed by atoms with Crippen LogP contribution in [-0.4, -0.2) is 37.1 Å². The van der Waals surface area contributed by atoms with Crippen LogP contribution in [0.4, 0.5) is 5.69 Å². The van der Waals surface area contributed by atoms with E-state index in [1.807, 2.05) is 6.92 Å². The number of aliphatic carboxylic acids is 1. The van der Waals surface area contributed by atoms with Crippen LogP contribution in [0.5, 0.6) is 0 Å². The van der Waals surface area contributed by atoms with Crippen LogP contribution < -0.4 is 10.2 Å². The van der Waals surface area contributed by atoms with Crippen molar-refractivity contribution in [3.05, 3.63) is 34.9 Å². The summed E-state index contributed by atoms with van der Waals surface area (Å²) >= 11 is 5.98. The number of nitrogens with zero attached hydrogens (tertiary/aromatic N) is 1. The van der Waals surface area contributed by atoms with Gasteiger partial charge >= 0.3 is 5.97 Å². The minimum atomic E-state index is -1.03. The lowest BCUT2D eigenvalue weighted by Crippen LogP contribution is -2.35. The summed E-state index contributed by atoms with van der Waals surface area (Å²) in [6, 6.07) is 5.10. The highest BCUT2D eigenvalue weighted by Gasteiger charge is 2.10. The van der Waals surface area contributed by atoms with Crippen LogP contribution in [0.1, 0.15) is 18.9 Å². The fraction of sp³-hybridized carbons (Fsp3) is 0.333. The van der Waals surface area contributed by atoms with E-state index in [2.05, 4.69) is 5.32 Å². The molecule has 0 saturated heterocycles. The SMILES string of the molecule is CCCNC(=O)CN(C)c1cc(Cl)ccc1/C=C/C(=O)O. The van der Waals surface area contributed by atoms with Gasteiger partial charge in [0, 0.05) is 30.4 Å². The average molecular weight is 311 g/mol. The molecule has 0 aliphatic carbocycles. The molecule has 0 atom stereocenters. The number of nitrogens with one attached hydrogen (secondary N) is 1. The number of carbonyl (C=O) groups excluding carboxylic acids is 1.